The van der Waals surface area contributed by atoms with Gasteiger partial charge in [0, 0.05) is 25.0 Å². The van der Waals surface area contributed by atoms with E-state index < -0.39 is 0 Å². The number of nitrogens with one attached hydrogen (secondary N) is 1. The van der Waals surface area contributed by atoms with Crippen molar-refractivity contribution < 1.29 is 9.53 Å². The van der Waals surface area contributed by atoms with Crippen molar-refractivity contribution in [3.8, 4) is 5.75 Å². The van der Waals surface area contributed by atoms with Gasteiger partial charge in [0.15, 0.2) is 0 Å². The van der Waals surface area contributed by atoms with Crippen molar-refractivity contribution in [2.24, 2.45) is 12.8 Å². The molecule has 0 saturated heterocycles. The van der Waals surface area contributed by atoms with Crippen molar-refractivity contribution in [2.75, 3.05) is 20.2 Å². The Kier molecular flexibility index (Phi) is 4.06. The Morgan fingerprint density at radius 1 is 1.42 bits per heavy atom. The second kappa shape index (κ2) is 5.75. The van der Waals surface area contributed by atoms with E-state index in [1.807, 2.05) is 35.9 Å². The molecule has 5 heteroatoms. The molecule has 1 heterocycles. The van der Waals surface area contributed by atoms with Crippen LogP contribution in [0, 0.1) is 0 Å². The number of nitrogens with zero attached hydrogens (tertiary/aromatic N) is 1. The SMILES string of the molecule is COc1ccc2cc(C(=O)NCCCN)n(C)c2c1. The molecule has 0 aliphatic rings. The van der Waals surface area contributed by atoms with Crippen LogP contribution in [0.15, 0.2) is 24.3 Å². The van der Waals surface area contributed by atoms with Gasteiger partial charge < -0.3 is 20.4 Å². The summed E-state index contributed by atoms with van der Waals surface area (Å²) in [4.78, 5) is 12.1. The van der Waals surface area contributed by atoms with E-state index in [0.717, 1.165) is 23.1 Å². The summed E-state index contributed by atoms with van der Waals surface area (Å²) in [6.07, 6.45) is 0.781. The minimum absolute atomic E-state index is 0.0777. The molecule has 0 atom stereocenters. The van der Waals surface area contributed by atoms with E-state index in [0.29, 0.717) is 18.8 Å². The molecule has 0 radical (unpaired) electrons. The fourth-order valence-corrected chi connectivity index (χ4v) is 2.05. The maximum atomic E-state index is 12.1. The van der Waals surface area contributed by atoms with Crippen LogP contribution >= 0.6 is 0 Å². The van der Waals surface area contributed by atoms with E-state index in [4.69, 9.17) is 10.5 Å². The number of rotatable bonds is 5. The number of methoxy groups -OCH3 is 1. The highest BCUT2D eigenvalue weighted by atomic mass is 16.5. The molecule has 3 N–H and O–H groups in total. The predicted octanol–water partition coefficient (Wildman–Crippen LogP) is 1.27. The van der Waals surface area contributed by atoms with Crippen LogP contribution in [0.5, 0.6) is 5.75 Å². The van der Waals surface area contributed by atoms with Gasteiger partial charge in [-0.1, -0.05) is 0 Å². The molecule has 0 bridgehead atoms. The van der Waals surface area contributed by atoms with Gasteiger partial charge in [-0.05, 0) is 31.2 Å². The fourth-order valence-electron chi connectivity index (χ4n) is 2.05. The van der Waals surface area contributed by atoms with E-state index in [-0.39, 0.29) is 5.91 Å². The van der Waals surface area contributed by atoms with Crippen LogP contribution in [0.3, 0.4) is 0 Å². The van der Waals surface area contributed by atoms with Gasteiger partial charge in [0.1, 0.15) is 11.4 Å². The Labute approximate surface area is 112 Å². The first kappa shape index (κ1) is 13.4. The minimum Gasteiger partial charge on any atom is -0.497 e. The molecule has 0 unspecified atom stereocenters. The molecule has 0 aliphatic carbocycles. The highest BCUT2D eigenvalue weighted by Crippen LogP contribution is 2.23. The first-order valence-electron chi connectivity index (χ1n) is 6.29. The number of ether oxygens (including phenoxy) is 1. The standard InChI is InChI=1S/C14H19N3O2/c1-17-12-9-11(19-2)5-4-10(12)8-13(17)14(18)16-7-3-6-15/h4-5,8-9H,3,6-7,15H2,1-2H3,(H,16,18). The molecule has 0 aliphatic heterocycles. The van der Waals surface area contributed by atoms with Gasteiger partial charge in [0.25, 0.3) is 5.91 Å². The molecule has 102 valence electrons. The molecule has 1 aromatic carbocycles. The number of aromatic nitrogens is 1. The molecule has 2 rings (SSSR count). The molecule has 0 spiro atoms. The van der Waals surface area contributed by atoms with Crippen molar-refractivity contribution in [1.82, 2.24) is 9.88 Å². The average molecular weight is 261 g/mol. The smallest absolute Gasteiger partial charge is 0.267 e. The minimum atomic E-state index is -0.0777. The average Bonchev–Trinajstić information content (AvgIpc) is 2.76. The Morgan fingerprint density at radius 3 is 2.89 bits per heavy atom. The molecule has 5 nitrogen and oxygen atoms in total. The summed E-state index contributed by atoms with van der Waals surface area (Å²) in [5.41, 5.74) is 7.02. The third-order valence-electron chi connectivity index (χ3n) is 3.15. The number of hydrogen-bond donors (Lipinski definition) is 2. The maximum absolute atomic E-state index is 12.1. The van der Waals surface area contributed by atoms with Crippen LogP contribution in [-0.4, -0.2) is 30.7 Å². The van der Waals surface area contributed by atoms with Crippen molar-refractivity contribution >= 4 is 16.8 Å². The third-order valence-corrected chi connectivity index (χ3v) is 3.15. The first-order chi connectivity index (χ1) is 9.17. The molecule has 0 saturated carbocycles. The number of aryl methyl sites for hydroxylation is 1. The number of carbonyl (C=O) groups is 1. The summed E-state index contributed by atoms with van der Waals surface area (Å²) in [7, 11) is 3.50. The van der Waals surface area contributed by atoms with Crippen LogP contribution in [0.25, 0.3) is 10.9 Å². The quantitative estimate of drug-likeness (QED) is 0.796. The van der Waals surface area contributed by atoms with Gasteiger partial charge in [0.2, 0.25) is 0 Å². The normalized spacial score (nSPS) is 10.7. The predicted molar refractivity (Wildman–Crippen MR) is 75.5 cm³/mol. The molecular weight excluding hydrogens is 242 g/mol. The van der Waals surface area contributed by atoms with Crippen molar-refractivity contribution in [1.29, 1.82) is 0 Å². The Hall–Kier alpha value is -2.01. The highest BCUT2D eigenvalue weighted by Gasteiger charge is 2.13. The lowest BCUT2D eigenvalue weighted by molar-refractivity contribution is 0.0946. The number of benzene rings is 1. The zero-order chi connectivity index (χ0) is 13.8. The van der Waals surface area contributed by atoms with Gasteiger partial charge in [-0.25, -0.2) is 0 Å². The summed E-state index contributed by atoms with van der Waals surface area (Å²) in [6.45, 7) is 1.17. The van der Waals surface area contributed by atoms with Crippen LogP contribution in [0.2, 0.25) is 0 Å². The molecule has 1 amide bonds. The number of carbonyl (C=O) groups excluding carboxylic acids is 1. The summed E-state index contributed by atoms with van der Waals surface area (Å²) in [5.74, 6) is 0.704. The van der Waals surface area contributed by atoms with Crippen LogP contribution in [-0.2, 0) is 7.05 Å². The zero-order valence-electron chi connectivity index (χ0n) is 11.3. The van der Waals surface area contributed by atoms with E-state index in [1.165, 1.54) is 0 Å². The Balaban J connectivity index is 2.29. The number of hydrogen-bond acceptors (Lipinski definition) is 3. The maximum Gasteiger partial charge on any atom is 0.267 e. The summed E-state index contributed by atoms with van der Waals surface area (Å²) >= 11 is 0. The fraction of sp³-hybridized carbons (Fsp3) is 0.357. The topological polar surface area (TPSA) is 69.3 Å². The van der Waals surface area contributed by atoms with Crippen molar-refractivity contribution in [3.05, 3.63) is 30.0 Å². The van der Waals surface area contributed by atoms with E-state index >= 15 is 0 Å². The van der Waals surface area contributed by atoms with E-state index in [2.05, 4.69) is 5.32 Å². The summed E-state index contributed by atoms with van der Waals surface area (Å²) < 4.78 is 7.07. The lowest BCUT2D eigenvalue weighted by Gasteiger charge is -2.06. The summed E-state index contributed by atoms with van der Waals surface area (Å²) in [6, 6.07) is 7.64. The molecule has 19 heavy (non-hydrogen) atoms. The van der Waals surface area contributed by atoms with Gasteiger partial charge >= 0.3 is 0 Å². The highest BCUT2D eigenvalue weighted by molar-refractivity contribution is 5.98. The van der Waals surface area contributed by atoms with Crippen molar-refractivity contribution in [3.63, 3.8) is 0 Å². The van der Waals surface area contributed by atoms with Gasteiger partial charge in [-0.15, -0.1) is 0 Å². The van der Waals surface area contributed by atoms with E-state index in [9.17, 15) is 4.79 Å². The Morgan fingerprint density at radius 2 is 2.21 bits per heavy atom. The second-order valence-corrected chi connectivity index (χ2v) is 4.41. The third kappa shape index (κ3) is 2.71. The first-order valence-corrected chi connectivity index (χ1v) is 6.29. The number of nitrogens with two attached hydrogens (primary N) is 1. The molecule has 0 fully saturated rings. The Bertz CT molecular complexity index is 590. The van der Waals surface area contributed by atoms with Crippen LogP contribution < -0.4 is 15.8 Å². The summed E-state index contributed by atoms with van der Waals surface area (Å²) in [5, 5.41) is 3.88. The monoisotopic (exact) mass is 261 g/mol. The molecule has 2 aromatic rings. The van der Waals surface area contributed by atoms with Gasteiger partial charge in [0.05, 0.1) is 12.6 Å². The largest absolute Gasteiger partial charge is 0.497 e. The van der Waals surface area contributed by atoms with Crippen LogP contribution in [0.4, 0.5) is 0 Å². The zero-order valence-corrected chi connectivity index (χ0v) is 11.3. The second-order valence-electron chi connectivity index (χ2n) is 4.41. The van der Waals surface area contributed by atoms with E-state index in [1.54, 1.807) is 7.11 Å². The van der Waals surface area contributed by atoms with Gasteiger partial charge in [-0.2, -0.15) is 0 Å². The molecule has 1 aromatic heterocycles. The van der Waals surface area contributed by atoms with Crippen molar-refractivity contribution in [2.45, 2.75) is 6.42 Å². The lowest BCUT2D eigenvalue weighted by Crippen LogP contribution is -2.27. The number of amides is 1. The van der Waals surface area contributed by atoms with Crippen LogP contribution in [0.1, 0.15) is 16.9 Å². The van der Waals surface area contributed by atoms with Gasteiger partial charge in [-0.3, -0.25) is 4.79 Å². The lowest BCUT2D eigenvalue weighted by atomic mass is 10.2. The number of fused-ring (bicyclic) bond motifs is 1. The molecular formula is C14H19N3O2.